The normalized spacial score (nSPS) is 14.5. The van der Waals surface area contributed by atoms with E-state index in [1.54, 1.807) is 19.1 Å². The van der Waals surface area contributed by atoms with E-state index in [4.69, 9.17) is 11.6 Å². The van der Waals surface area contributed by atoms with Crippen LogP contribution in [0.4, 0.5) is 10.1 Å². The number of benzene rings is 2. The fourth-order valence-electron chi connectivity index (χ4n) is 3.95. The molecular formula is C22H20ClFN2O2. The van der Waals surface area contributed by atoms with Gasteiger partial charge in [0.2, 0.25) is 5.91 Å². The molecule has 1 fully saturated rings. The molecule has 0 unspecified atom stereocenters. The third-order valence-corrected chi connectivity index (χ3v) is 5.67. The number of halogens is 2. The van der Waals surface area contributed by atoms with Gasteiger partial charge in [0.1, 0.15) is 5.82 Å². The molecule has 2 aromatic carbocycles. The molecule has 0 aliphatic heterocycles. The highest BCUT2D eigenvalue weighted by atomic mass is 35.5. The second-order valence-corrected chi connectivity index (χ2v) is 7.67. The largest absolute Gasteiger partial charge is 0.326 e. The molecule has 0 bridgehead atoms. The predicted molar refractivity (Wildman–Crippen MR) is 108 cm³/mol. The smallest absolute Gasteiger partial charge is 0.267 e. The Balaban J connectivity index is 1.68. The van der Waals surface area contributed by atoms with Crippen molar-refractivity contribution in [3.63, 3.8) is 0 Å². The number of anilines is 1. The van der Waals surface area contributed by atoms with Crippen molar-refractivity contribution >= 4 is 40.0 Å². The summed E-state index contributed by atoms with van der Waals surface area (Å²) in [6.45, 7) is 1.78. The van der Waals surface area contributed by atoms with E-state index in [0.717, 1.165) is 31.1 Å². The molecule has 6 heteroatoms. The average molecular weight is 399 g/mol. The summed E-state index contributed by atoms with van der Waals surface area (Å²) < 4.78 is 15.7. The number of hydrogen-bond donors (Lipinski definition) is 1. The lowest BCUT2D eigenvalue weighted by atomic mass is 10.1. The lowest BCUT2D eigenvalue weighted by Gasteiger charge is -2.11. The molecule has 1 N–H and O–H groups in total. The molecule has 1 amide bonds. The number of hydrogen-bond acceptors (Lipinski definition) is 2. The van der Waals surface area contributed by atoms with E-state index >= 15 is 0 Å². The first-order valence-corrected chi connectivity index (χ1v) is 9.75. The first kappa shape index (κ1) is 18.7. The van der Waals surface area contributed by atoms with E-state index < -0.39 is 11.7 Å². The van der Waals surface area contributed by atoms with Gasteiger partial charge < -0.3 is 5.32 Å². The Morgan fingerprint density at radius 3 is 2.61 bits per heavy atom. The Hall–Kier alpha value is -2.66. The summed E-state index contributed by atoms with van der Waals surface area (Å²) in [4.78, 5) is 25.4. The maximum atomic E-state index is 14.2. The topological polar surface area (TPSA) is 51.1 Å². The number of amides is 1. The molecule has 0 radical (unpaired) electrons. The molecule has 144 valence electrons. The molecule has 1 saturated carbocycles. The van der Waals surface area contributed by atoms with Crippen LogP contribution in [0.15, 0.2) is 42.5 Å². The number of carbonyl (C=O) groups is 2. The highest BCUT2D eigenvalue weighted by Gasteiger charge is 2.24. The third kappa shape index (κ3) is 3.31. The van der Waals surface area contributed by atoms with E-state index in [-0.39, 0.29) is 22.4 Å². The van der Waals surface area contributed by atoms with E-state index in [1.807, 2.05) is 12.1 Å². The highest BCUT2D eigenvalue weighted by Crippen LogP contribution is 2.29. The van der Waals surface area contributed by atoms with E-state index in [0.29, 0.717) is 16.9 Å². The van der Waals surface area contributed by atoms with Gasteiger partial charge in [0.25, 0.3) is 5.91 Å². The van der Waals surface area contributed by atoms with Crippen molar-refractivity contribution in [3.05, 3.63) is 64.6 Å². The van der Waals surface area contributed by atoms with Crippen molar-refractivity contribution in [1.29, 1.82) is 0 Å². The first-order chi connectivity index (χ1) is 13.5. The van der Waals surface area contributed by atoms with Crippen molar-refractivity contribution in [2.24, 2.45) is 5.92 Å². The summed E-state index contributed by atoms with van der Waals surface area (Å²) in [6.07, 6.45) is 4.06. The minimum absolute atomic E-state index is 0.0437. The Labute approximate surface area is 167 Å². The zero-order valence-electron chi connectivity index (χ0n) is 15.5. The van der Waals surface area contributed by atoms with Crippen molar-refractivity contribution in [2.45, 2.75) is 32.6 Å². The summed E-state index contributed by atoms with van der Waals surface area (Å²) in [6, 6.07) is 11.4. The second-order valence-electron chi connectivity index (χ2n) is 7.27. The van der Waals surface area contributed by atoms with Gasteiger partial charge in [0, 0.05) is 22.7 Å². The van der Waals surface area contributed by atoms with E-state index in [2.05, 4.69) is 5.32 Å². The van der Waals surface area contributed by atoms with Crippen LogP contribution in [-0.4, -0.2) is 16.4 Å². The van der Waals surface area contributed by atoms with Crippen molar-refractivity contribution in [2.75, 3.05) is 5.32 Å². The molecule has 0 atom stereocenters. The van der Waals surface area contributed by atoms with Gasteiger partial charge in [-0.3, -0.25) is 14.2 Å². The molecule has 1 heterocycles. The number of aromatic nitrogens is 1. The SMILES string of the molecule is Cc1cc2cc(NC(=O)C3CCCC3)ccc2n1C(=O)c1c(F)cccc1Cl. The van der Waals surface area contributed by atoms with Crippen LogP contribution in [0.3, 0.4) is 0 Å². The fourth-order valence-corrected chi connectivity index (χ4v) is 4.19. The summed E-state index contributed by atoms with van der Waals surface area (Å²) in [5, 5.41) is 3.84. The van der Waals surface area contributed by atoms with Crippen LogP contribution in [0.25, 0.3) is 10.9 Å². The second kappa shape index (κ2) is 7.40. The lowest BCUT2D eigenvalue weighted by Crippen LogP contribution is -2.20. The fraction of sp³-hybridized carbons (Fsp3) is 0.273. The van der Waals surface area contributed by atoms with Crippen LogP contribution < -0.4 is 5.32 Å². The zero-order valence-corrected chi connectivity index (χ0v) is 16.2. The van der Waals surface area contributed by atoms with Gasteiger partial charge in [-0.25, -0.2) is 4.39 Å². The number of rotatable bonds is 3. The number of nitrogens with one attached hydrogen (secondary N) is 1. The predicted octanol–water partition coefficient (Wildman–Crippen LogP) is 5.56. The van der Waals surface area contributed by atoms with Gasteiger partial charge >= 0.3 is 0 Å². The molecule has 0 spiro atoms. The average Bonchev–Trinajstić information content (AvgIpc) is 3.28. The summed E-state index contributed by atoms with van der Waals surface area (Å²) >= 11 is 6.07. The van der Waals surface area contributed by atoms with Crippen molar-refractivity contribution in [3.8, 4) is 0 Å². The lowest BCUT2D eigenvalue weighted by molar-refractivity contribution is -0.119. The van der Waals surface area contributed by atoms with Crippen LogP contribution in [0, 0.1) is 18.7 Å². The van der Waals surface area contributed by atoms with Crippen LogP contribution in [0.5, 0.6) is 0 Å². The van der Waals surface area contributed by atoms with Crippen LogP contribution in [-0.2, 0) is 4.79 Å². The van der Waals surface area contributed by atoms with Gasteiger partial charge in [-0.15, -0.1) is 0 Å². The maximum Gasteiger partial charge on any atom is 0.267 e. The van der Waals surface area contributed by atoms with Crippen molar-refractivity contribution < 1.29 is 14.0 Å². The molecule has 28 heavy (non-hydrogen) atoms. The van der Waals surface area contributed by atoms with E-state index in [1.165, 1.54) is 22.8 Å². The van der Waals surface area contributed by atoms with Crippen molar-refractivity contribution in [1.82, 2.24) is 4.57 Å². The molecule has 1 aliphatic rings. The Morgan fingerprint density at radius 1 is 1.14 bits per heavy atom. The molecule has 1 aromatic heterocycles. The Morgan fingerprint density at radius 2 is 1.89 bits per heavy atom. The molecule has 0 saturated heterocycles. The van der Waals surface area contributed by atoms with Crippen LogP contribution >= 0.6 is 11.6 Å². The maximum absolute atomic E-state index is 14.2. The molecule has 1 aliphatic carbocycles. The van der Waals surface area contributed by atoms with Gasteiger partial charge in [0.05, 0.1) is 16.1 Å². The van der Waals surface area contributed by atoms with Crippen LogP contribution in [0.2, 0.25) is 5.02 Å². The summed E-state index contributed by atoms with van der Waals surface area (Å²) in [5.41, 5.74) is 1.85. The standard InChI is InChI=1S/C22H20ClFN2O2/c1-13-11-15-12-16(25-21(27)14-5-2-3-6-14)9-10-19(15)26(13)22(28)20-17(23)7-4-8-18(20)24/h4,7-12,14H,2-3,5-6H2,1H3,(H,25,27). The molecular weight excluding hydrogens is 379 g/mol. The third-order valence-electron chi connectivity index (χ3n) is 5.36. The summed E-state index contributed by atoms with van der Waals surface area (Å²) in [7, 11) is 0. The number of carbonyl (C=O) groups excluding carboxylic acids is 2. The minimum Gasteiger partial charge on any atom is -0.326 e. The van der Waals surface area contributed by atoms with Gasteiger partial charge in [-0.05, 0) is 56.2 Å². The number of nitrogens with zero attached hydrogens (tertiary/aromatic N) is 1. The minimum atomic E-state index is -0.654. The van der Waals surface area contributed by atoms with E-state index in [9.17, 15) is 14.0 Å². The Kier molecular flexibility index (Phi) is 4.94. The highest BCUT2D eigenvalue weighted by molar-refractivity contribution is 6.34. The van der Waals surface area contributed by atoms with Gasteiger partial charge in [-0.2, -0.15) is 0 Å². The molecule has 4 rings (SSSR count). The quantitative estimate of drug-likeness (QED) is 0.628. The number of aryl methyl sites for hydroxylation is 1. The monoisotopic (exact) mass is 398 g/mol. The Bertz CT molecular complexity index is 1060. The first-order valence-electron chi connectivity index (χ1n) is 9.37. The molecule has 4 nitrogen and oxygen atoms in total. The molecule has 3 aromatic rings. The number of fused-ring (bicyclic) bond motifs is 1. The van der Waals surface area contributed by atoms with Crippen LogP contribution in [0.1, 0.15) is 41.7 Å². The summed E-state index contributed by atoms with van der Waals surface area (Å²) in [5.74, 6) is -1.05. The zero-order chi connectivity index (χ0) is 19.8. The van der Waals surface area contributed by atoms with Gasteiger partial charge in [0.15, 0.2) is 0 Å². The van der Waals surface area contributed by atoms with Gasteiger partial charge in [-0.1, -0.05) is 30.5 Å².